The van der Waals surface area contributed by atoms with Gasteiger partial charge in [0.2, 0.25) is 5.91 Å². The second kappa shape index (κ2) is 5.57. The Kier molecular flexibility index (Phi) is 3.62. The van der Waals surface area contributed by atoms with Gasteiger partial charge in [-0.3, -0.25) is 9.20 Å². The number of carbonyl (C=O) groups excluding carboxylic acids is 1. The van der Waals surface area contributed by atoms with E-state index in [4.69, 9.17) is 0 Å². The van der Waals surface area contributed by atoms with Gasteiger partial charge in [-0.15, -0.1) is 11.3 Å². The van der Waals surface area contributed by atoms with E-state index in [0.717, 1.165) is 27.7 Å². The maximum absolute atomic E-state index is 11.1. The van der Waals surface area contributed by atoms with Crippen LogP contribution in [0.1, 0.15) is 18.3 Å². The van der Waals surface area contributed by atoms with Crippen LogP contribution in [0.15, 0.2) is 35.8 Å². The van der Waals surface area contributed by atoms with E-state index in [1.54, 1.807) is 11.3 Å². The zero-order chi connectivity index (χ0) is 14.8. The van der Waals surface area contributed by atoms with Gasteiger partial charge in [-0.25, -0.2) is 4.98 Å². The van der Waals surface area contributed by atoms with E-state index in [2.05, 4.69) is 20.0 Å². The van der Waals surface area contributed by atoms with Crippen LogP contribution in [0, 0.1) is 6.92 Å². The maximum Gasteiger partial charge on any atom is 0.221 e. The number of rotatable bonds is 4. The molecule has 3 rings (SSSR count). The first-order valence-corrected chi connectivity index (χ1v) is 7.54. The average molecular weight is 300 g/mol. The number of hydrogen-bond donors (Lipinski definition) is 2. The van der Waals surface area contributed by atoms with Crippen LogP contribution in [0.25, 0.3) is 4.96 Å². The molecule has 1 amide bonds. The Hall–Kier alpha value is -2.34. The first kappa shape index (κ1) is 13.6. The van der Waals surface area contributed by atoms with E-state index in [0.29, 0.717) is 6.54 Å². The number of anilines is 2. The molecule has 0 aliphatic carbocycles. The first-order chi connectivity index (χ1) is 10.1. The third kappa shape index (κ3) is 2.90. The second-order valence-electron chi connectivity index (χ2n) is 4.82. The second-order valence-corrected chi connectivity index (χ2v) is 5.69. The molecule has 0 aliphatic rings. The molecular weight excluding hydrogens is 284 g/mol. The minimum absolute atomic E-state index is 0.0706. The molecule has 5 nitrogen and oxygen atoms in total. The summed E-state index contributed by atoms with van der Waals surface area (Å²) in [5.74, 6) is -0.0706. The molecule has 6 heteroatoms. The van der Waals surface area contributed by atoms with Crippen molar-refractivity contribution in [2.75, 3.05) is 10.6 Å². The zero-order valence-corrected chi connectivity index (χ0v) is 12.7. The number of aromatic nitrogens is 2. The summed E-state index contributed by atoms with van der Waals surface area (Å²) in [7, 11) is 0. The molecule has 0 saturated carbocycles. The fraction of sp³-hybridized carbons (Fsp3) is 0.200. The summed E-state index contributed by atoms with van der Waals surface area (Å²) in [5, 5.41) is 8.19. The Morgan fingerprint density at radius 3 is 3.00 bits per heavy atom. The number of nitrogens with zero attached hydrogens (tertiary/aromatic N) is 2. The molecule has 3 aromatic rings. The molecule has 0 spiro atoms. The summed E-state index contributed by atoms with van der Waals surface area (Å²) in [5.41, 5.74) is 3.94. The van der Waals surface area contributed by atoms with E-state index in [1.807, 2.05) is 42.8 Å². The quantitative estimate of drug-likeness (QED) is 0.777. The molecule has 0 bridgehead atoms. The van der Waals surface area contributed by atoms with Crippen molar-refractivity contribution >= 4 is 33.6 Å². The lowest BCUT2D eigenvalue weighted by atomic mass is 10.2. The lowest BCUT2D eigenvalue weighted by Crippen LogP contribution is -2.07. The van der Waals surface area contributed by atoms with E-state index < -0.39 is 0 Å². The van der Waals surface area contributed by atoms with Crippen molar-refractivity contribution in [3.63, 3.8) is 0 Å². The van der Waals surface area contributed by atoms with E-state index in [1.165, 1.54) is 6.92 Å². The predicted molar refractivity (Wildman–Crippen MR) is 85.9 cm³/mol. The van der Waals surface area contributed by atoms with Crippen molar-refractivity contribution in [2.24, 2.45) is 0 Å². The van der Waals surface area contributed by atoms with Crippen LogP contribution in [-0.2, 0) is 11.3 Å². The van der Waals surface area contributed by atoms with Crippen LogP contribution >= 0.6 is 11.3 Å². The van der Waals surface area contributed by atoms with Gasteiger partial charge in [0.25, 0.3) is 0 Å². The smallest absolute Gasteiger partial charge is 0.221 e. The van der Waals surface area contributed by atoms with Crippen LogP contribution in [-0.4, -0.2) is 15.3 Å². The van der Waals surface area contributed by atoms with Gasteiger partial charge < -0.3 is 10.6 Å². The largest absolute Gasteiger partial charge is 0.379 e. The number of aryl methyl sites for hydroxylation is 1. The molecule has 0 unspecified atom stereocenters. The molecule has 0 radical (unpaired) electrons. The summed E-state index contributed by atoms with van der Waals surface area (Å²) in [6.45, 7) is 4.21. The van der Waals surface area contributed by atoms with Crippen molar-refractivity contribution in [1.29, 1.82) is 0 Å². The Bertz CT molecular complexity index is 790. The van der Waals surface area contributed by atoms with Crippen LogP contribution in [0.2, 0.25) is 0 Å². The SMILES string of the molecule is CC(=O)Nc1cccc(NCc2c(C)nc3sccn23)c1. The van der Waals surface area contributed by atoms with Crippen LogP contribution in [0.5, 0.6) is 0 Å². The van der Waals surface area contributed by atoms with Gasteiger partial charge >= 0.3 is 0 Å². The number of nitrogens with one attached hydrogen (secondary N) is 2. The van der Waals surface area contributed by atoms with Gasteiger partial charge in [0.1, 0.15) is 0 Å². The number of carbonyl (C=O) groups is 1. The Morgan fingerprint density at radius 1 is 1.38 bits per heavy atom. The van der Waals surface area contributed by atoms with Crippen LogP contribution in [0.4, 0.5) is 11.4 Å². The molecule has 108 valence electrons. The van der Waals surface area contributed by atoms with Gasteiger partial charge in [-0.1, -0.05) is 6.07 Å². The first-order valence-electron chi connectivity index (χ1n) is 6.66. The summed E-state index contributed by atoms with van der Waals surface area (Å²) < 4.78 is 2.10. The van der Waals surface area contributed by atoms with Gasteiger partial charge in [0, 0.05) is 29.9 Å². The van der Waals surface area contributed by atoms with Gasteiger partial charge in [0.05, 0.1) is 17.9 Å². The van der Waals surface area contributed by atoms with Gasteiger partial charge in [-0.2, -0.15) is 0 Å². The van der Waals surface area contributed by atoms with E-state index >= 15 is 0 Å². The standard InChI is InChI=1S/C15H16N4OS/c1-10-14(19-6-7-21-15(19)17-10)9-16-12-4-3-5-13(8-12)18-11(2)20/h3-8,16H,9H2,1-2H3,(H,18,20). The molecule has 1 aromatic carbocycles. The number of thiazole rings is 1. The number of fused-ring (bicyclic) bond motifs is 1. The monoisotopic (exact) mass is 300 g/mol. The number of benzene rings is 1. The summed E-state index contributed by atoms with van der Waals surface area (Å²) >= 11 is 1.63. The molecule has 0 aliphatic heterocycles. The molecular formula is C15H16N4OS. The predicted octanol–water partition coefficient (Wildman–Crippen LogP) is 3.27. The molecule has 2 aromatic heterocycles. The Morgan fingerprint density at radius 2 is 2.19 bits per heavy atom. The average Bonchev–Trinajstić information content (AvgIpc) is 2.97. The maximum atomic E-state index is 11.1. The fourth-order valence-corrected chi connectivity index (χ4v) is 3.03. The highest BCUT2D eigenvalue weighted by Crippen LogP contribution is 2.19. The van der Waals surface area contributed by atoms with Crippen molar-refractivity contribution in [3.05, 3.63) is 47.2 Å². The number of imidazole rings is 1. The molecule has 2 N–H and O–H groups in total. The van der Waals surface area contributed by atoms with Crippen LogP contribution in [0.3, 0.4) is 0 Å². The summed E-state index contributed by atoms with van der Waals surface area (Å²) in [6, 6.07) is 7.68. The van der Waals surface area contributed by atoms with E-state index in [9.17, 15) is 4.79 Å². The highest BCUT2D eigenvalue weighted by atomic mass is 32.1. The summed E-state index contributed by atoms with van der Waals surface area (Å²) in [4.78, 5) is 16.6. The lowest BCUT2D eigenvalue weighted by molar-refractivity contribution is -0.114. The van der Waals surface area contributed by atoms with Crippen molar-refractivity contribution in [3.8, 4) is 0 Å². The molecule has 21 heavy (non-hydrogen) atoms. The minimum Gasteiger partial charge on any atom is -0.379 e. The van der Waals surface area contributed by atoms with Crippen molar-refractivity contribution in [2.45, 2.75) is 20.4 Å². The lowest BCUT2D eigenvalue weighted by Gasteiger charge is -2.09. The number of hydrogen-bond acceptors (Lipinski definition) is 4. The molecule has 0 atom stereocenters. The highest BCUT2D eigenvalue weighted by molar-refractivity contribution is 7.15. The van der Waals surface area contributed by atoms with Crippen molar-refractivity contribution < 1.29 is 4.79 Å². The summed E-state index contributed by atoms with van der Waals surface area (Å²) in [6.07, 6.45) is 2.03. The minimum atomic E-state index is -0.0706. The topological polar surface area (TPSA) is 58.4 Å². The normalized spacial score (nSPS) is 10.8. The Labute approximate surface area is 126 Å². The van der Waals surface area contributed by atoms with E-state index in [-0.39, 0.29) is 5.91 Å². The zero-order valence-electron chi connectivity index (χ0n) is 11.9. The molecule has 0 saturated heterocycles. The van der Waals surface area contributed by atoms with Crippen molar-refractivity contribution in [1.82, 2.24) is 9.38 Å². The van der Waals surface area contributed by atoms with Gasteiger partial charge in [0.15, 0.2) is 4.96 Å². The Balaban J connectivity index is 1.77. The number of amides is 1. The molecule has 0 fully saturated rings. The third-order valence-electron chi connectivity index (χ3n) is 3.20. The van der Waals surface area contributed by atoms with Crippen LogP contribution < -0.4 is 10.6 Å². The van der Waals surface area contributed by atoms with Gasteiger partial charge in [-0.05, 0) is 25.1 Å². The third-order valence-corrected chi connectivity index (χ3v) is 3.96. The fourth-order valence-electron chi connectivity index (χ4n) is 2.25. The molecule has 2 heterocycles. The highest BCUT2D eigenvalue weighted by Gasteiger charge is 2.09.